The van der Waals surface area contributed by atoms with Crippen LogP contribution in [0.25, 0.3) is 0 Å². The molecule has 7 heteroatoms. The van der Waals surface area contributed by atoms with E-state index in [1.54, 1.807) is 0 Å². The van der Waals surface area contributed by atoms with E-state index in [0.29, 0.717) is 12.5 Å². The molecule has 2 aliphatic heterocycles. The molecule has 0 aliphatic carbocycles. The Balaban J connectivity index is 1.37. The monoisotopic (exact) mass is 428 g/mol. The van der Waals surface area contributed by atoms with Crippen molar-refractivity contribution in [2.75, 3.05) is 63.8 Å². The Labute approximate surface area is 187 Å². The summed E-state index contributed by atoms with van der Waals surface area (Å²) in [4.78, 5) is 23.7. The maximum atomic E-state index is 11.9. The van der Waals surface area contributed by atoms with Crippen molar-refractivity contribution in [3.05, 3.63) is 29.8 Å². The summed E-state index contributed by atoms with van der Waals surface area (Å²) in [6.45, 7) is 15.0. The summed E-state index contributed by atoms with van der Waals surface area (Å²) in [5.74, 6) is 1.12. The number of hydrogen-bond acceptors (Lipinski definition) is 4. The quantitative estimate of drug-likeness (QED) is 0.377. The Morgan fingerprint density at radius 1 is 1.16 bits per heavy atom. The molecule has 0 bridgehead atoms. The lowest BCUT2D eigenvalue weighted by Gasteiger charge is -2.36. The maximum Gasteiger partial charge on any atom is 0.222 e. The molecule has 0 radical (unpaired) electrons. The van der Waals surface area contributed by atoms with Crippen LogP contribution >= 0.6 is 0 Å². The number of rotatable bonds is 8. The lowest BCUT2D eigenvalue weighted by molar-refractivity contribution is -0.129. The Hall–Kier alpha value is -2.28. The number of anilines is 1. The first-order valence-corrected chi connectivity index (χ1v) is 12.0. The highest BCUT2D eigenvalue weighted by Crippen LogP contribution is 2.17. The average molecular weight is 429 g/mol. The lowest BCUT2D eigenvalue weighted by Crippen LogP contribution is -2.47. The Bertz CT molecular complexity index is 729. The average Bonchev–Trinajstić information content (AvgIpc) is 3.25. The first-order valence-electron chi connectivity index (χ1n) is 12.0. The number of guanidine groups is 1. The van der Waals surface area contributed by atoms with Gasteiger partial charge in [-0.25, -0.2) is 0 Å². The molecule has 2 heterocycles. The summed E-state index contributed by atoms with van der Waals surface area (Å²) in [5, 5.41) is 6.87. The number of aryl methyl sites for hydroxylation is 1. The summed E-state index contributed by atoms with van der Waals surface area (Å²) in [5.41, 5.74) is 2.67. The van der Waals surface area contributed by atoms with Crippen LogP contribution in [0, 0.1) is 6.92 Å². The number of amides is 1. The Morgan fingerprint density at radius 3 is 2.68 bits per heavy atom. The van der Waals surface area contributed by atoms with Crippen LogP contribution in [-0.4, -0.2) is 86.6 Å². The fourth-order valence-electron chi connectivity index (χ4n) is 4.38. The summed E-state index contributed by atoms with van der Waals surface area (Å²) in [7, 11) is 0. The van der Waals surface area contributed by atoms with Gasteiger partial charge in [-0.05, 0) is 44.4 Å². The lowest BCUT2D eigenvalue weighted by atomic mass is 10.2. The number of carbonyl (C=O) groups is 1. The van der Waals surface area contributed by atoms with Crippen LogP contribution < -0.4 is 15.5 Å². The van der Waals surface area contributed by atoms with Gasteiger partial charge in [0, 0.05) is 77.1 Å². The van der Waals surface area contributed by atoms with Gasteiger partial charge in [-0.1, -0.05) is 19.1 Å². The normalized spacial score (nSPS) is 20.2. The second kappa shape index (κ2) is 11.9. The SMILES string of the molecule is CCNC(=NCCCN1CCN(c2cccc(C)c2)CC1)NC1CCN(C(=O)CC)C1. The van der Waals surface area contributed by atoms with Crippen LogP contribution in [0.3, 0.4) is 0 Å². The molecule has 0 spiro atoms. The first kappa shape index (κ1) is 23.4. The molecule has 2 saturated heterocycles. The zero-order valence-corrected chi connectivity index (χ0v) is 19.6. The molecule has 1 atom stereocenters. The van der Waals surface area contributed by atoms with Crippen LogP contribution in [-0.2, 0) is 4.79 Å². The fraction of sp³-hybridized carbons (Fsp3) is 0.667. The smallest absolute Gasteiger partial charge is 0.222 e. The van der Waals surface area contributed by atoms with Crippen LogP contribution in [0.2, 0.25) is 0 Å². The van der Waals surface area contributed by atoms with E-state index in [2.05, 4.69) is 58.5 Å². The van der Waals surface area contributed by atoms with Crippen LogP contribution in [0.1, 0.15) is 38.7 Å². The highest BCUT2D eigenvalue weighted by Gasteiger charge is 2.25. The van der Waals surface area contributed by atoms with E-state index in [-0.39, 0.29) is 5.91 Å². The molecule has 0 saturated carbocycles. The van der Waals surface area contributed by atoms with Gasteiger partial charge in [0.25, 0.3) is 0 Å². The van der Waals surface area contributed by atoms with E-state index in [0.717, 1.165) is 77.7 Å². The van der Waals surface area contributed by atoms with Gasteiger partial charge in [-0.15, -0.1) is 0 Å². The van der Waals surface area contributed by atoms with Crippen molar-refractivity contribution in [2.24, 2.45) is 4.99 Å². The maximum absolute atomic E-state index is 11.9. The minimum absolute atomic E-state index is 0.244. The molecule has 1 aromatic carbocycles. The molecular formula is C24H40N6O. The Morgan fingerprint density at radius 2 is 1.97 bits per heavy atom. The number of likely N-dealkylation sites (tertiary alicyclic amines) is 1. The zero-order chi connectivity index (χ0) is 22.1. The van der Waals surface area contributed by atoms with Crippen molar-refractivity contribution in [1.29, 1.82) is 0 Å². The van der Waals surface area contributed by atoms with Gasteiger partial charge in [0.05, 0.1) is 0 Å². The van der Waals surface area contributed by atoms with Gasteiger partial charge in [0.2, 0.25) is 5.91 Å². The molecular weight excluding hydrogens is 388 g/mol. The second-order valence-electron chi connectivity index (χ2n) is 8.61. The number of hydrogen-bond donors (Lipinski definition) is 2. The molecule has 172 valence electrons. The predicted octanol–water partition coefficient (Wildman–Crippen LogP) is 2.07. The molecule has 2 fully saturated rings. The minimum Gasteiger partial charge on any atom is -0.369 e. The van der Waals surface area contributed by atoms with E-state index in [1.165, 1.54) is 11.3 Å². The first-order chi connectivity index (χ1) is 15.1. The molecule has 7 nitrogen and oxygen atoms in total. The summed E-state index contributed by atoms with van der Waals surface area (Å²) in [6, 6.07) is 9.10. The number of benzene rings is 1. The third kappa shape index (κ3) is 7.13. The van der Waals surface area contributed by atoms with Crippen molar-refractivity contribution >= 4 is 17.6 Å². The zero-order valence-electron chi connectivity index (χ0n) is 19.6. The van der Waals surface area contributed by atoms with Gasteiger partial charge < -0.3 is 20.4 Å². The molecule has 3 rings (SSSR count). The van der Waals surface area contributed by atoms with Crippen molar-refractivity contribution in [3.63, 3.8) is 0 Å². The van der Waals surface area contributed by atoms with Gasteiger partial charge in [-0.3, -0.25) is 14.7 Å². The van der Waals surface area contributed by atoms with Crippen LogP contribution in [0.4, 0.5) is 5.69 Å². The number of nitrogens with one attached hydrogen (secondary N) is 2. The van der Waals surface area contributed by atoms with Crippen molar-refractivity contribution < 1.29 is 4.79 Å². The van der Waals surface area contributed by atoms with Gasteiger partial charge in [0.15, 0.2) is 5.96 Å². The molecule has 31 heavy (non-hydrogen) atoms. The van der Waals surface area contributed by atoms with E-state index in [4.69, 9.17) is 4.99 Å². The van der Waals surface area contributed by atoms with E-state index in [1.807, 2.05) is 11.8 Å². The minimum atomic E-state index is 0.244. The van der Waals surface area contributed by atoms with Crippen LogP contribution in [0.5, 0.6) is 0 Å². The number of piperazine rings is 1. The molecule has 0 aromatic heterocycles. The van der Waals surface area contributed by atoms with E-state index in [9.17, 15) is 4.79 Å². The van der Waals surface area contributed by atoms with Gasteiger partial charge >= 0.3 is 0 Å². The standard InChI is InChI=1S/C24H40N6O/c1-4-23(31)30-13-10-21(19-30)27-24(25-5-2)26-11-7-12-28-14-16-29(17-15-28)22-9-6-8-20(3)18-22/h6,8-9,18,21H,4-5,7,10-17,19H2,1-3H3,(H2,25,26,27). The molecule has 2 aliphatic rings. The second-order valence-corrected chi connectivity index (χ2v) is 8.61. The summed E-state index contributed by atoms with van der Waals surface area (Å²) < 4.78 is 0. The van der Waals surface area contributed by atoms with Crippen LogP contribution in [0.15, 0.2) is 29.3 Å². The molecule has 2 N–H and O–H groups in total. The number of nitrogens with zero attached hydrogens (tertiary/aromatic N) is 4. The highest BCUT2D eigenvalue weighted by atomic mass is 16.2. The largest absolute Gasteiger partial charge is 0.369 e. The van der Waals surface area contributed by atoms with E-state index >= 15 is 0 Å². The van der Waals surface area contributed by atoms with Crippen molar-refractivity contribution in [3.8, 4) is 0 Å². The summed E-state index contributed by atoms with van der Waals surface area (Å²) in [6.07, 6.45) is 2.63. The highest BCUT2D eigenvalue weighted by molar-refractivity contribution is 5.80. The molecule has 1 aromatic rings. The number of carbonyl (C=O) groups excluding carboxylic acids is 1. The molecule has 1 amide bonds. The van der Waals surface area contributed by atoms with Gasteiger partial charge in [-0.2, -0.15) is 0 Å². The topological polar surface area (TPSA) is 63.2 Å². The van der Waals surface area contributed by atoms with Crippen molar-refractivity contribution in [1.82, 2.24) is 20.4 Å². The number of aliphatic imine (C=N–C) groups is 1. The summed E-state index contributed by atoms with van der Waals surface area (Å²) >= 11 is 0. The third-order valence-corrected chi connectivity index (χ3v) is 6.17. The molecule has 1 unspecified atom stereocenters. The Kier molecular flexibility index (Phi) is 9.00. The fourth-order valence-corrected chi connectivity index (χ4v) is 4.38. The van der Waals surface area contributed by atoms with Gasteiger partial charge in [0.1, 0.15) is 0 Å². The predicted molar refractivity (Wildman–Crippen MR) is 129 cm³/mol. The van der Waals surface area contributed by atoms with E-state index < -0.39 is 0 Å². The third-order valence-electron chi connectivity index (χ3n) is 6.17. The van der Waals surface area contributed by atoms with Crippen molar-refractivity contribution in [2.45, 2.75) is 46.1 Å².